The van der Waals surface area contributed by atoms with Crippen molar-refractivity contribution in [1.29, 1.82) is 0 Å². The molecule has 1 saturated carbocycles. The van der Waals surface area contributed by atoms with Crippen molar-refractivity contribution in [1.82, 2.24) is 4.90 Å². The summed E-state index contributed by atoms with van der Waals surface area (Å²) in [6.45, 7) is 2.53. The summed E-state index contributed by atoms with van der Waals surface area (Å²) in [5.41, 5.74) is 1.22. The van der Waals surface area contributed by atoms with E-state index in [1.165, 1.54) is 18.4 Å². The first-order valence-electron chi connectivity index (χ1n) is 9.86. The van der Waals surface area contributed by atoms with Crippen molar-refractivity contribution >= 4 is 16.7 Å². The van der Waals surface area contributed by atoms with E-state index in [9.17, 15) is 9.90 Å². The maximum Gasteiger partial charge on any atom is 0.306 e. The number of carbonyl (C=O) groups is 1. The zero-order valence-corrected chi connectivity index (χ0v) is 15.7. The van der Waals surface area contributed by atoms with Crippen LogP contribution in [0.1, 0.15) is 44.1 Å². The van der Waals surface area contributed by atoms with Crippen molar-refractivity contribution in [2.24, 2.45) is 5.92 Å². The number of fused-ring (bicyclic) bond motifs is 1. The first kappa shape index (κ1) is 19.6. The molecular formula is C22H29NO4. The number of rotatable bonds is 3. The average molecular weight is 371 g/mol. The lowest BCUT2D eigenvalue weighted by Gasteiger charge is -2.30. The topological polar surface area (TPSA) is 81.0 Å². The van der Waals surface area contributed by atoms with Crippen molar-refractivity contribution in [2.45, 2.75) is 51.2 Å². The van der Waals surface area contributed by atoms with E-state index in [1.807, 2.05) is 12.1 Å². The monoisotopic (exact) mass is 371 g/mol. The molecule has 1 saturated heterocycles. The predicted octanol–water partition coefficient (Wildman–Crippen LogP) is 3.76. The summed E-state index contributed by atoms with van der Waals surface area (Å²) in [6.07, 6.45) is 6.07. The molecule has 2 aromatic carbocycles. The summed E-state index contributed by atoms with van der Waals surface area (Å²) in [7, 11) is 0. The van der Waals surface area contributed by atoms with Crippen LogP contribution in [0.5, 0.6) is 5.75 Å². The molecule has 0 radical (unpaired) electrons. The van der Waals surface area contributed by atoms with Crippen LogP contribution in [0.2, 0.25) is 0 Å². The van der Waals surface area contributed by atoms with Gasteiger partial charge in [0.1, 0.15) is 5.75 Å². The second kappa shape index (κ2) is 9.20. The number of phenolic OH excluding ortho intramolecular Hbond substituents is 1. The smallest absolute Gasteiger partial charge is 0.306 e. The molecule has 0 spiro atoms. The van der Waals surface area contributed by atoms with Crippen LogP contribution in [0.3, 0.4) is 0 Å². The van der Waals surface area contributed by atoms with Crippen LogP contribution in [0.25, 0.3) is 10.8 Å². The zero-order chi connectivity index (χ0) is 19.2. The molecule has 5 nitrogen and oxygen atoms in total. The fourth-order valence-electron chi connectivity index (χ4n) is 3.88. The van der Waals surface area contributed by atoms with E-state index < -0.39 is 5.97 Å². The highest BCUT2D eigenvalue weighted by atomic mass is 16.4. The van der Waals surface area contributed by atoms with Crippen molar-refractivity contribution in [3.8, 4) is 5.75 Å². The number of aliphatic carboxylic acids is 1. The predicted molar refractivity (Wildman–Crippen MR) is 106 cm³/mol. The Hall–Kier alpha value is -2.11. The molecule has 5 heteroatoms. The van der Waals surface area contributed by atoms with Gasteiger partial charge >= 0.3 is 5.97 Å². The second-order valence-corrected chi connectivity index (χ2v) is 7.69. The number of hydrogen-bond acceptors (Lipinski definition) is 4. The standard InChI is InChI=1S/C17H19NO3.C5H10O/c19-16-4-3-14-9-12(1-2-15(14)10-16)11-18-7-5-13(6-8-18)17(20)21;6-5-3-1-2-4-5/h1-4,9-10,13,19H,5-8,11H2,(H,20,21);5-6H,1-4H2. The lowest BCUT2D eigenvalue weighted by molar-refractivity contribution is -0.143. The Morgan fingerprint density at radius 2 is 1.59 bits per heavy atom. The number of phenols is 1. The number of nitrogens with zero attached hydrogens (tertiary/aromatic N) is 1. The van der Waals surface area contributed by atoms with Crippen LogP contribution < -0.4 is 0 Å². The van der Waals surface area contributed by atoms with Gasteiger partial charge in [-0.25, -0.2) is 0 Å². The molecule has 2 aromatic rings. The molecule has 0 unspecified atom stereocenters. The maximum absolute atomic E-state index is 11.0. The summed E-state index contributed by atoms with van der Waals surface area (Å²) in [4.78, 5) is 13.3. The number of aliphatic hydroxyl groups excluding tert-OH is 1. The highest BCUT2D eigenvalue weighted by molar-refractivity contribution is 5.84. The minimum absolute atomic E-state index is 0.0463. The van der Waals surface area contributed by atoms with Gasteiger partial charge in [-0.2, -0.15) is 0 Å². The summed E-state index contributed by atoms with van der Waals surface area (Å²) < 4.78 is 0. The van der Waals surface area contributed by atoms with Gasteiger partial charge < -0.3 is 15.3 Å². The summed E-state index contributed by atoms with van der Waals surface area (Å²) >= 11 is 0. The van der Waals surface area contributed by atoms with Crippen LogP contribution >= 0.6 is 0 Å². The molecule has 0 bridgehead atoms. The highest BCUT2D eigenvalue weighted by Gasteiger charge is 2.24. The van der Waals surface area contributed by atoms with Crippen LogP contribution in [-0.4, -0.2) is 45.4 Å². The van der Waals surface area contributed by atoms with Crippen LogP contribution in [0.15, 0.2) is 36.4 Å². The van der Waals surface area contributed by atoms with Gasteiger partial charge in [-0.05, 0) is 73.3 Å². The summed E-state index contributed by atoms with van der Waals surface area (Å²) in [6, 6.07) is 11.6. The Bertz CT molecular complexity index is 762. The van der Waals surface area contributed by atoms with Gasteiger partial charge in [0.15, 0.2) is 0 Å². The molecular weight excluding hydrogens is 342 g/mol. The van der Waals surface area contributed by atoms with Gasteiger partial charge in [-0.15, -0.1) is 0 Å². The number of aromatic hydroxyl groups is 1. The highest BCUT2D eigenvalue weighted by Crippen LogP contribution is 2.23. The Kier molecular flexibility index (Phi) is 6.69. The molecule has 0 atom stereocenters. The van der Waals surface area contributed by atoms with E-state index in [2.05, 4.69) is 17.0 Å². The molecule has 2 aliphatic rings. The molecule has 0 aromatic heterocycles. The van der Waals surface area contributed by atoms with Crippen LogP contribution in [0.4, 0.5) is 0 Å². The van der Waals surface area contributed by atoms with Crippen molar-refractivity contribution < 1.29 is 20.1 Å². The van der Waals surface area contributed by atoms with Gasteiger partial charge in [-0.3, -0.25) is 9.69 Å². The third-order valence-electron chi connectivity index (χ3n) is 5.56. The van der Waals surface area contributed by atoms with Crippen molar-refractivity contribution in [2.75, 3.05) is 13.1 Å². The van der Waals surface area contributed by atoms with Gasteiger partial charge in [0.25, 0.3) is 0 Å². The van der Waals surface area contributed by atoms with Crippen molar-refractivity contribution in [3.05, 3.63) is 42.0 Å². The van der Waals surface area contributed by atoms with Gasteiger partial charge in [0.05, 0.1) is 12.0 Å². The van der Waals surface area contributed by atoms with Crippen molar-refractivity contribution in [3.63, 3.8) is 0 Å². The second-order valence-electron chi connectivity index (χ2n) is 7.69. The van der Waals surface area contributed by atoms with Gasteiger partial charge in [-0.1, -0.05) is 31.0 Å². The van der Waals surface area contributed by atoms with E-state index in [4.69, 9.17) is 10.2 Å². The third kappa shape index (κ3) is 5.68. The lowest BCUT2D eigenvalue weighted by atomic mass is 9.96. The largest absolute Gasteiger partial charge is 0.508 e. The molecule has 27 heavy (non-hydrogen) atoms. The first-order chi connectivity index (χ1) is 13.0. The maximum atomic E-state index is 11.0. The molecule has 1 aliphatic carbocycles. The number of likely N-dealkylation sites (tertiary alicyclic amines) is 1. The molecule has 0 amide bonds. The SMILES string of the molecule is O=C(O)C1CCN(Cc2ccc3cc(O)ccc3c2)CC1.OC1CCCC1. The molecule has 146 valence electrons. The first-order valence-corrected chi connectivity index (χ1v) is 9.86. The Labute approximate surface area is 160 Å². The number of aliphatic hydroxyl groups is 1. The third-order valence-corrected chi connectivity index (χ3v) is 5.56. The minimum Gasteiger partial charge on any atom is -0.508 e. The Morgan fingerprint density at radius 3 is 2.19 bits per heavy atom. The Morgan fingerprint density at radius 1 is 0.963 bits per heavy atom. The molecule has 3 N–H and O–H groups in total. The van der Waals surface area contributed by atoms with E-state index in [1.54, 1.807) is 12.1 Å². The molecule has 2 fully saturated rings. The van der Waals surface area contributed by atoms with Gasteiger partial charge in [0, 0.05) is 6.54 Å². The molecule has 1 heterocycles. The van der Waals surface area contributed by atoms with E-state index in [0.29, 0.717) is 0 Å². The zero-order valence-electron chi connectivity index (χ0n) is 15.7. The number of carboxylic acid groups (broad SMARTS) is 1. The fraction of sp³-hybridized carbons (Fsp3) is 0.500. The van der Waals surface area contributed by atoms with Crippen LogP contribution in [-0.2, 0) is 11.3 Å². The summed E-state index contributed by atoms with van der Waals surface area (Å²) in [5, 5.41) is 29.4. The van der Waals surface area contributed by atoms with E-state index in [0.717, 1.165) is 56.1 Å². The van der Waals surface area contributed by atoms with Gasteiger partial charge in [0.2, 0.25) is 0 Å². The number of hydrogen-bond donors (Lipinski definition) is 3. The number of piperidine rings is 1. The quantitative estimate of drug-likeness (QED) is 0.765. The van der Waals surface area contributed by atoms with E-state index >= 15 is 0 Å². The average Bonchev–Trinajstić information content (AvgIpc) is 3.14. The Balaban J connectivity index is 0.000000299. The molecule has 1 aliphatic heterocycles. The normalized spacial score (nSPS) is 19.0. The van der Waals surface area contributed by atoms with E-state index in [-0.39, 0.29) is 17.8 Å². The summed E-state index contributed by atoms with van der Waals surface area (Å²) in [5.74, 6) is -0.563. The number of carboxylic acids is 1. The minimum atomic E-state index is -0.667. The fourth-order valence-corrected chi connectivity index (χ4v) is 3.88. The lowest BCUT2D eigenvalue weighted by Crippen LogP contribution is -2.35. The molecule has 4 rings (SSSR count). The van der Waals surface area contributed by atoms with Crippen LogP contribution in [0, 0.1) is 5.92 Å². The number of benzene rings is 2.